The average Bonchev–Trinajstić information content (AvgIpc) is 3.20. The number of rotatable bonds is 6. The van der Waals surface area contributed by atoms with Crippen molar-refractivity contribution in [3.05, 3.63) is 89.3 Å². The normalized spacial score (nSPS) is 11.0. The summed E-state index contributed by atoms with van der Waals surface area (Å²) >= 11 is 0. The second-order valence-corrected chi connectivity index (χ2v) is 6.33. The average molecular weight is 385 g/mol. The first-order valence-electron chi connectivity index (χ1n) is 9.05. The van der Waals surface area contributed by atoms with Gasteiger partial charge in [-0.25, -0.2) is 4.79 Å². The Morgan fingerprint density at radius 3 is 2.38 bits per heavy atom. The third kappa shape index (κ3) is 4.60. The van der Waals surface area contributed by atoms with E-state index < -0.39 is 11.9 Å². The van der Waals surface area contributed by atoms with Gasteiger partial charge in [0.15, 0.2) is 0 Å². The molecule has 0 saturated carbocycles. The zero-order valence-corrected chi connectivity index (χ0v) is 15.8. The quantitative estimate of drug-likeness (QED) is 0.489. The molecule has 1 heterocycles. The van der Waals surface area contributed by atoms with Crippen LogP contribution in [0.5, 0.6) is 0 Å². The van der Waals surface area contributed by atoms with Crippen LogP contribution in [0.25, 0.3) is 11.8 Å². The number of carboxylic acids is 1. The maximum atomic E-state index is 12.5. The first-order chi connectivity index (χ1) is 14.0. The highest BCUT2D eigenvalue weighted by Gasteiger charge is 2.12. The number of hydrogen-bond donors (Lipinski definition) is 2. The predicted molar refractivity (Wildman–Crippen MR) is 111 cm³/mol. The van der Waals surface area contributed by atoms with E-state index in [9.17, 15) is 14.9 Å². The van der Waals surface area contributed by atoms with E-state index in [2.05, 4.69) is 12.2 Å². The molecule has 2 N–H and O–H groups in total. The van der Waals surface area contributed by atoms with Crippen LogP contribution in [0.4, 0.5) is 5.69 Å². The number of benzene rings is 2. The molecule has 3 aromatic rings. The van der Waals surface area contributed by atoms with Gasteiger partial charge in [-0.1, -0.05) is 19.1 Å². The molecule has 6 heteroatoms. The molecule has 0 aliphatic carbocycles. The van der Waals surface area contributed by atoms with Crippen LogP contribution < -0.4 is 5.32 Å². The van der Waals surface area contributed by atoms with Gasteiger partial charge in [-0.15, -0.1) is 0 Å². The number of aromatic nitrogens is 1. The molecule has 0 unspecified atom stereocenters. The summed E-state index contributed by atoms with van der Waals surface area (Å²) in [4.78, 5) is 23.5. The zero-order valence-electron chi connectivity index (χ0n) is 15.8. The summed E-state index contributed by atoms with van der Waals surface area (Å²) < 4.78 is 1.77. The fourth-order valence-corrected chi connectivity index (χ4v) is 2.83. The Kier molecular flexibility index (Phi) is 5.91. The van der Waals surface area contributed by atoms with Crippen molar-refractivity contribution in [2.75, 3.05) is 5.32 Å². The van der Waals surface area contributed by atoms with E-state index in [1.54, 1.807) is 47.2 Å². The lowest BCUT2D eigenvalue weighted by molar-refractivity contribution is -0.112. The van der Waals surface area contributed by atoms with Crippen LogP contribution in [0.3, 0.4) is 0 Å². The van der Waals surface area contributed by atoms with Gasteiger partial charge >= 0.3 is 5.97 Å². The number of aryl methyl sites for hydroxylation is 1. The lowest BCUT2D eigenvalue weighted by Gasteiger charge is -2.08. The van der Waals surface area contributed by atoms with E-state index in [1.807, 2.05) is 18.2 Å². The molecule has 0 aliphatic rings. The van der Waals surface area contributed by atoms with Gasteiger partial charge < -0.3 is 15.0 Å². The highest BCUT2D eigenvalue weighted by atomic mass is 16.4. The molecular formula is C23H19N3O3. The predicted octanol–water partition coefficient (Wildman–Crippen LogP) is 4.28. The summed E-state index contributed by atoms with van der Waals surface area (Å²) in [6.07, 6.45) is 4.18. The second kappa shape index (κ2) is 8.72. The number of nitrogens with zero attached hydrogens (tertiary/aromatic N) is 2. The molecule has 0 bridgehead atoms. The standard InChI is InChI=1S/C23H19N3O3/c1-2-16-5-9-19(10-6-16)25-22(27)18(15-24)14-21-4-3-13-26(21)20-11-7-17(8-12-20)23(28)29/h3-14H,2H2,1H3,(H,25,27)(H,28,29)/b18-14-. The van der Waals surface area contributed by atoms with Crippen molar-refractivity contribution in [2.24, 2.45) is 0 Å². The van der Waals surface area contributed by atoms with E-state index in [-0.39, 0.29) is 11.1 Å². The summed E-state index contributed by atoms with van der Waals surface area (Å²) in [5, 5.41) is 21.2. The molecule has 144 valence electrons. The minimum atomic E-state index is -1.00. The fourth-order valence-electron chi connectivity index (χ4n) is 2.83. The Bertz CT molecular complexity index is 1100. The minimum Gasteiger partial charge on any atom is -0.478 e. The molecule has 0 radical (unpaired) electrons. The third-order valence-corrected chi connectivity index (χ3v) is 4.45. The van der Waals surface area contributed by atoms with E-state index in [0.29, 0.717) is 11.4 Å². The van der Waals surface area contributed by atoms with Gasteiger partial charge in [-0.2, -0.15) is 5.26 Å². The Morgan fingerprint density at radius 1 is 1.10 bits per heavy atom. The van der Waals surface area contributed by atoms with Crippen LogP contribution in [-0.4, -0.2) is 21.6 Å². The highest BCUT2D eigenvalue weighted by Crippen LogP contribution is 2.18. The van der Waals surface area contributed by atoms with Crippen molar-refractivity contribution >= 4 is 23.6 Å². The molecule has 0 atom stereocenters. The maximum absolute atomic E-state index is 12.5. The maximum Gasteiger partial charge on any atom is 0.335 e. The number of anilines is 1. The van der Waals surface area contributed by atoms with E-state index >= 15 is 0 Å². The first kappa shape index (κ1) is 19.6. The van der Waals surface area contributed by atoms with Crippen molar-refractivity contribution in [1.82, 2.24) is 4.57 Å². The number of amides is 1. The Hall–Kier alpha value is -4.11. The molecule has 6 nitrogen and oxygen atoms in total. The Labute approximate surface area is 168 Å². The van der Waals surface area contributed by atoms with Crippen molar-refractivity contribution in [1.29, 1.82) is 5.26 Å². The van der Waals surface area contributed by atoms with Crippen LogP contribution in [0.15, 0.2) is 72.4 Å². The lowest BCUT2D eigenvalue weighted by atomic mass is 10.1. The van der Waals surface area contributed by atoms with Crippen LogP contribution in [0.1, 0.15) is 28.5 Å². The van der Waals surface area contributed by atoms with Crippen LogP contribution in [-0.2, 0) is 11.2 Å². The SMILES string of the molecule is CCc1ccc(NC(=O)/C(C#N)=C\c2cccn2-c2ccc(C(=O)O)cc2)cc1. The topological polar surface area (TPSA) is 95.1 Å². The van der Waals surface area contributed by atoms with Gasteiger partial charge in [-0.3, -0.25) is 4.79 Å². The Balaban J connectivity index is 1.84. The number of aromatic carboxylic acids is 1. The number of hydrogen-bond acceptors (Lipinski definition) is 3. The van der Waals surface area contributed by atoms with Gasteiger partial charge in [0.05, 0.1) is 5.56 Å². The zero-order chi connectivity index (χ0) is 20.8. The third-order valence-electron chi connectivity index (χ3n) is 4.45. The number of nitrogens with one attached hydrogen (secondary N) is 1. The monoisotopic (exact) mass is 385 g/mol. The molecule has 3 rings (SSSR count). The summed E-state index contributed by atoms with van der Waals surface area (Å²) in [6, 6.07) is 19.3. The van der Waals surface area contributed by atoms with Gasteiger partial charge in [0.1, 0.15) is 11.6 Å². The largest absolute Gasteiger partial charge is 0.478 e. The summed E-state index contributed by atoms with van der Waals surface area (Å²) in [6.45, 7) is 2.05. The number of carbonyl (C=O) groups is 2. The molecule has 0 saturated heterocycles. The highest BCUT2D eigenvalue weighted by molar-refractivity contribution is 6.09. The molecule has 29 heavy (non-hydrogen) atoms. The summed E-state index contributed by atoms with van der Waals surface area (Å²) in [5.41, 5.74) is 3.27. The molecule has 1 amide bonds. The van der Waals surface area contributed by atoms with Crippen molar-refractivity contribution in [3.8, 4) is 11.8 Å². The van der Waals surface area contributed by atoms with E-state index in [0.717, 1.165) is 17.7 Å². The van der Waals surface area contributed by atoms with Gasteiger partial charge in [0, 0.05) is 23.3 Å². The summed E-state index contributed by atoms with van der Waals surface area (Å²) in [5.74, 6) is -1.50. The van der Waals surface area contributed by atoms with Crippen molar-refractivity contribution < 1.29 is 14.7 Å². The van der Waals surface area contributed by atoms with E-state index in [1.165, 1.54) is 18.2 Å². The fraction of sp³-hybridized carbons (Fsp3) is 0.0870. The Morgan fingerprint density at radius 2 is 1.79 bits per heavy atom. The van der Waals surface area contributed by atoms with Crippen molar-refractivity contribution in [2.45, 2.75) is 13.3 Å². The molecule has 2 aromatic carbocycles. The summed E-state index contributed by atoms with van der Waals surface area (Å²) in [7, 11) is 0. The van der Waals surface area contributed by atoms with Gasteiger partial charge in [0.2, 0.25) is 0 Å². The molecule has 1 aromatic heterocycles. The second-order valence-electron chi connectivity index (χ2n) is 6.33. The molecule has 0 fully saturated rings. The first-order valence-corrected chi connectivity index (χ1v) is 9.05. The number of carbonyl (C=O) groups excluding carboxylic acids is 1. The van der Waals surface area contributed by atoms with Gasteiger partial charge in [-0.05, 0) is 66.6 Å². The smallest absolute Gasteiger partial charge is 0.335 e. The molecule has 0 aliphatic heterocycles. The van der Waals surface area contributed by atoms with Crippen LogP contribution in [0.2, 0.25) is 0 Å². The molecule has 0 spiro atoms. The lowest BCUT2D eigenvalue weighted by Crippen LogP contribution is -2.13. The van der Waals surface area contributed by atoms with E-state index in [4.69, 9.17) is 5.11 Å². The van der Waals surface area contributed by atoms with Crippen LogP contribution in [0, 0.1) is 11.3 Å². The minimum absolute atomic E-state index is 0.0355. The van der Waals surface area contributed by atoms with Crippen molar-refractivity contribution in [3.63, 3.8) is 0 Å². The number of carboxylic acid groups (broad SMARTS) is 1. The molecular weight excluding hydrogens is 366 g/mol. The van der Waals surface area contributed by atoms with Gasteiger partial charge in [0.25, 0.3) is 5.91 Å². The van der Waals surface area contributed by atoms with Crippen LogP contribution >= 0.6 is 0 Å². The number of nitriles is 1.